The lowest BCUT2D eigenvalue weighted by Crippen LogP contribution is -2.39. The van der Waals surface area contributed by atoms with Crippen molar-refractivity contribution in [3.05, 3.63) is 70.7 Å². The molecule has 0 bridgehead atoms. The number of likely N-dealkylation sites (N-methyl/N-ethyl adjacent to an activating group) is 1. The summed E-state index contributed by atoms with van der Waals surface area (Å²) in [6, 6.07) is 13.8. The van der Waals surface area contributed by atoms with E-state index in [0.717, 1.165) is 20.6 Å². The molecule has 0 atom stereocenters. The first-order valence-corrected chi connectivity index (χ1v) is 12.3. The van der Waals surface area contributed by atoms with Crippen LogP contribution in [0.15, 0.2) is 58.8 Å². The van der Waals surface area contributed by atoms with Crippen molar-refractivity contribution in [3.63, 3.8) is 0 Å². The largest absolute Gasteiger partial charge is 0.355 e. The lowest BCUT2D eigenvalue weighted by Gasteiger charge is -2.17. The summed E-state index contributed by atoms with van der Waals surface area (Å²) < 4.78 is 26.3. The highest BCUT2D eigenvalue weighted by atomic mass is 32.2. The topological polar surface area (TPSA) is 96.4 Å². The molecule has 9 heteroatoms. The lowest BCUT2D eigenvalue weighted by atomic mass is 10.2. The smallest absolute Gasteiger partial charge is 0.243 e. The standard InChI is InChI=1S/C23H25N3O4S2/c1-16-4-6-19(7-5-16)23-25-20(15-31-23)12-13-24-22(28)14-26(3)32(29,30)21-10-8-18(9-11-21)17(2)27/h4-11,15H,12-14H2,1-3H3,(H,24,28). The zero-order valence-corrected chi connectivity index (χ0v) is 19.8. The maximum absolute atomic E-state index is 12.7. The van der Waals surface area contributed by atoms with Crippen LogP contribution in [0, 0.1) is 6.92 Å². The average molecular weight is 472 g/mol. The Morgan fingerprint density at radius 3 is 2.34 bits per heavy atom. The van der Waals surface area contributed by atoms with Crippen LogP contribution in [0.1, 0.15) is 28.5 Å². The molecule has 0 aliphatic carbocycles. The number of rotatable bonds is 9. The van der Waals surface area contributed by atoms with Crippen molar-refractivity contribution in [1.82, 2.24) is 14.6 Å². The first-order chi connectivity index (χ1) is 15.2. The van der Waals surface area contributed by atoms with Crippen LogP contribution in [0.4, 0.5) is 0 Å². The minimum Gasteiger partial charge on any atom is -0.355 e. The second-order valence-corrected chi connectivity index (χ2v) is 10.4. The van der Waals surface area contributed by atoms with Crippen LogP contribution >= 0.6 is 11.3 Å². The third-order valence-electron chi connectivity index (χ3n) is 4.89. The third kappa shape index (κ3) is 5.87. The van der Waals surface area contributed by atoms with E-state index in [1.54, 1.807) is 11.3 Å². The second-order valence-electron chi connectivity index (χ2n) is 7.45. The number of Topliss-reactive ketones (excluding diaryl/α,β-unsaturated/α-hetero) is 1. The van der Waals surface area contributed by atoms with Crippen molar-refractivity contribution in [2.24, 2.45) is 0 Å². The molecular formula is C23H25N3O4S2. The predicted molar refractivity (Wildman–Crippen MR) is 125 cm³/mol. The quantitative estimate of drug-likeness (QED) is 0.483. The number of benzene rings is 2. The number of ketones is 1. The van der Waals surface area contributed by atoms with Crippen LogP contribution in [0.3, 0.4) is 0 Å². The molecule has 0 aliphatic heterocycles. The zero-order chi connectivity index (χ0) is 23.3. The van der Waals surface area contributed by atoms with Gasteiger partial charge in [0.1, 0.15) is 5.01 Å². The molecule has 1 heterocycles. The minimum atomic E-state index is -3.83. The second kappa shape index (κ2) is 10.2. The summed E-state index contributed by atoms with van der Waals surface area (Å²) >= 11 is 1.55. The number of carbonyl (C=O) groups excluding carboxylic acids is 2. The van der Waals surface area contributed by atoms with Crippen LogP contribution in [0.2, 0.25) is 0 Å². The Bertz CT molecular complexity index is 1200. The Kier molecular flexibility index (Phi) is 7.55. The van der Waals surface area contributed by atoms with Gasteiger partial charge in [0.2, 0.25) is 15.9 Å². The number of aryl methyl sites for hydroxylation is 1. The highest BCUT2D eigenvalue weighted by Crippen LogP contribution is 2.24. The molecule has 0 unspecified atom stereocenters. The van der Waals surface area contributed by atoms with Gasteiger partial charge in [-0.15, -0.1) is 11.3 Å². The average Bonchev–Trinajstić information content (AvgIpc) is 3.23. The van der Waals surface area contributed by atoms with E-state index >= 15 is 0 Å². The van der Waals surface area contributed by atoms with Gasteiger partial charge < -0.3 is 5.32 Å². The van der Waals surface area contributed by atoms with Gasteiger partial charge in [0.05, 0.1) is 17.1 Å². The molecule has 168 valence electrons. The molecule has 0 saturated carbocycles. The molecule has 0 spiro atoms. The summed E-state index contributed by atoms with van der Waals surface area (Å²) in [6.45, 7) is 3.50. The Balaban J connectivity index is 1.51. The van der Waals surface area contributed by atoms with Crippen LogP contribution in [-0.4, -0.2) is 49.5 Å². The number of hydrogen-bond donors (Lipinski definition) is 1. The number of amides is 1. The highest BCUT2D eigenvalue weighted by Gasteiger charge is 2.23. The lowest BCUT2D eigenvalue weighted by molar-refractivity contribution is -0.121. The number of hydrogen-bond acceptors (Lipinski definition) is 6. The van der Waals surface area contributed by atoms with Gasteiger partial charge in [0.15, 0.2) is 5.78 Å². The van der Waals surface area contributed by atoms with E-state index < -0.39 is 15.9 Å². The van der Waals surface area contributed by atoms with Crippen molar-refractivity contribution < 1.29 is 18.0 Å². The van der Waals surface area contributed by atoms with Crippen molar-refractivity contribution in [2.45, 2.75) is 25.2 Å². The molecule has 7 nitrogen and oxygen atoms in total. The van der Waals surface area contributed by atoms with Crippen molar-refractivity contribution in [1.29, 1.82) is 0 Å². The number of nitrogens with one attached hydrogen (secondary N) is 1. The molecule has 1 amide bonds. The molecule has 0 fully saturated rings. The van der Waals surface area contributed by atoms with E-state index in [0.29, 0.717) is 18.5 Å². The number of nitrogens with zero attached hydrogens (tertiary/aromatic N) is 2. The third-order valence-corrected chi connectivity index (χ3v) is 7.65. The molecule has 32 heavy (non-hydrogen) atoms. The van der Waals surface area contributed by atoms with Gasteiger partial charge in [0, 0.05) is 36.5 Å². The fourth-order valence-electron chi connectivity index (χ4n) is 2.97. The van der Waals surface area contributed by atoms with E-state index in [-0.39, 0.29) is 17.2 Å². The fourth-order valence-corrected chi connectivity index (χ4v) is 4.95. The van der Waals surface area contributed by atoms with E-state index in [4.69, 9.17) is 0 Å². The van der Waals surface area contributed by atoms with Crippen LogP contribution in [0.5, 0.6) is 0 Å². The first-order valence-electron chi connectivity index (χ1n) is 10.0. The van der Waals surface area contributed by atoms with Crippen molar-refractivity contribution >= 4 is 33.1 Å². The molecule has 0 aliphatic rings. The summed E-state index contributed by atoms with van der Waals surface area (Å²) in [5, 5.41) is 5.63. The molecule has 0 saturated heterocycles. The van der Waals surface area contributed by atoms with Crippen molar-refractivity contribution in [3.8, 4) is 10.6 Å². The van der Waals surface area contributed by atoms with E-state index in [1.165, 1.54) is 43.8 Å². The Hall–Kier alpha value is -2.88. The Morgan fingerprint density at radius 1 is 1.06 bits per heavy atom. The fraction of sp³-hybridized carbons (Fsp3) is 0.261. The first kappa shape index (κ1) is 23.8. The van der Waals surface area contributed by atoms with E-state index in [9.17, 15) is 18.0 Å². The van der Waals surface area contributed by atoms with Gasteiger partial charge in [-0.05, 0) is 26.0 Å². The summed E-state index contributed by atoms with van der Waals surface area (Å²) in [5.74, 6) is -0.543. The minimum absolute atomic E-state index is 0.0314. The van der Waals surface area contributed by atoms with Gasteiger partial charge in [-0.3, -0.25) is 9.59 Å². The molecule has 1 aromatic heterocycles. The molecular weight excluding hydrogens is 446 g/mol. The van der Waals surface area contributed by atoms with Gasteiger partial charge in [-0.2, -0.15) is 4.31 Å². The van der Waals surface area contributed by atoms with Crippen LogP contribution in [-0.2, 0) is 21.2 Å². The van der Waals surface area contributed by atoms with Crippen LogP contribution < -0.4 is 5.32 Å². The summed E-state index contributed by atoms with van der Waals surface area (Å²) in [5.41, 5.74) is 3.54. The molecule has 1 N–H and O–H groups in total. The molecule has 3 aromatic rings. The maximum atomic E-state index is 12.7. The number of aromatic nitrogens is 1. The predicted octanol–water partition coefficient (Wildman–Crippen LogP) is 3.30. The van der Waals surface area contributed by atoms with Gasteiger partial charge in [-0.25, -0.2) is 13.4 Å². The van der Waals surface area contributed by atoms with Gasteiger partial charge in [0.25, 0.3) is 0 Å². The number of carbonyl (C=O) groups is 2. The Morgan fingerprint density at radius 2 is 1.72 bits per heavy atom. The zero-order valence-electron chi connectivity index (χ0n) is 18.2. The summed E-state index contributed by atoms with van der Waals surface area (Å²) in [7, 11) is -2.48. The molecule has 3 rings (SSSR count). The molecule has 2 aromatic carbocycles. The van der Waals surface area contributed by atoms with Crippen LogP contribution in [0.25, 0.3) is 10.6 Å². The number of sulfonamides is 1. The SMILES string of the molecule is CC(=O)c1ccc(S(=O)(=O)N(C)CC(=O)NCCc2csc(-c3ccc(C)cc3)n2)cc1. The molecule has 0 radical (unpaired) electrons. The number of thiazole rings is 1. The highest BCUT2D eigenvalue weighted by molar-refractivity contribution is 7.89. The maximum Gasteiger partial charge on any atom is 0.243 e. The van der Waals surface area contributed by atoms with Gasteiger partial charge >= 0.3 is 0 Å². The Labute approximate surface area is 192 Å². The monoisotopic (exact) mass is 471 g/mol. The van der Waals surface area contributed by atoms with E-state index in [2.05, 4.69) is 10.3 Å². The summed E-state index contributed by atoms with van der Waals surface area (Å²) in [4.78, 5) is 28.2. The van der Waals surface area contributed by atoms with E-state index in [1.807, 2.05) is 36.6 Å². The van der Waals surface area contributed by atoms with Gasteiger partial charge in [-0.1, -0.05) is 42.0 Å². The summed E-state index contributed by atoms with van der Waals surface area (Å²) in [6.07, 6.45) is 0.553. The normalized spacial score (nSPS) is 11.5. The van der Waals surface area contributed by atoms with Crippen molar-refractivity contribution in [2.75, 3.05) is 20.1 Å².